The van der Waals surface area contributed by atoms with Crippen LogP contribution in [0.3, 0.4) is 0 Å². The number of ether oxygens (including phenoxy) is 6. The molecule has 0 aliphatic heterocycles. The van der Waals surface area contributed by atoms with Crippen LogP contribution in [0, 0.1) is 19.8 Å². The number of benzene rings is 3. The van der Waals surface area contributed by atoms with E-state index in [-0.39, 0.29) is 29.4 Å². The maximum atomic E-state index is 14.4. The molecule has 0 aromatic heterocycles. The van der Waals surface area contributed by atoms with Gasteiger partial charge in [-0.15, -0.1) is 0 Å². The van der Waals surface area contributed by atoms with E-state index >= 15 is 0 Å². The monoisotopic (exact) mass is 767 g/mol. The van der Waals surface area contributed by atoms with Crippen molar-refractivity contribution < 1.29 is 43.1 Å². The first-order chi connectivity index (χ1) is 26.6. The third-order valence-corrected chi connectivity index (χ3v) is 10.4. The van der Waals surface area contributed by atoms with Gasteiger partial charge >= 0.3 is 6.16 Å². The van der Waals surface area contributed by atoms with Crippen LogP contribution in [0.2, 0.25) is 0 Å². The second-order valence-corrected chi connectivity index (χ2v) is 15.1. The van der Waals surface area contributed by atoms with E-state index in [0.717, 1.165) is 33.4 Å². The third-order valence-electron chi connectivity index (χ3n) is 10.4. The highest BCUT2D eigenvalue weighted by molar-refractivity contribution is 5.84. The number of carboxylic acid groups (broad SMARTS) is 1. The minimum Gasteiger partial charge on any atom is -0.493 e. The molecule has 1 aliphatic carbocycles. The fraction of sp³-hybridized carbons (Fsp3) is 0.400. The van der Waals surface area contributed by atoms with Crippen molar-refractivity contribution in [1.29, 1.82) is 0 Å². The summed E-state index contributed by atoms with van der Waals surface area (Å²) in [6.45, 7) is 11.9. The summed E-state index contributed by atoms with van der Waals surface area (Å²) in [7, 11) is 6.09. The van der Waals surface area contributed by atoms with Crippen LogP contribution in [0.25, 0.3) is 11.1 Å². The molecule has 0 fully saturated rings. The van der Waals surface area contributed by atoms with Crippen LogP contribution < -0.4 is 34.4 Å². The van der Waals surface area contributed by atoms with Crippen LogP contribution in [-0.2, 0) is 28.0 Å². The zero-order valence-electron chi connectivity index (χ0n) is 34.0. The van der Waals surface area contributed by atoms with E-state index in [0.29, 0.717) is 59.1 Å². The van der Waals surface area contributed by atoms with Gasteiger partial charge < -0.3 is 38.8 Å². The molecule has 56 heavy (non-hydrogen) atoms. The van der Waals surface area contributed by atoms with Crippen molar-refractivity contribution >= 4 is 12.1 Å². The van der Waals surface area contributed by atoms with Gasteiger partial charge in [0.05, 0.1) is 34.5 Å². The second kappa shape index (κ2) is 17.4. The maximum absolute atomic E-state index is 14.4. The number of rotatable bonds is 14. The van der Waals surface area contributed by atoms with Crippen LogP contribution in [0.15, 0.2) is 65.5 Å². The van der Waals surface area contributed by atoms with E-state index in [1.165, 1.54) is 20.3 Å². The Bertz CT molecular complexity index is 2140. The molecule has 11 nitrogen and oxygen atoms in total. The summed E-state index contributed by atoms with van der Waals surface area (Å²) in [5, 5.41) is 13.1. The lowest BCUT2D eigenvalue weighted by atomic mass is 9.73. The highest BCUT2D eigenvalue weighted by atomic mass is 16.7. The highest BCUT2D eigenvalue weighted by Gasteiger charge is 2.37. The topological polar surface area (TPSA) is 139 Å². The fourth-order valence-corrected chi connectivity index (χ4v) is 8.09. The Balaban J connectivity index is 1.59. The molecule has 11 heteroatoms. The summed E-state index contributed by atoms with van der Waals surface area (Å²) in [6.07, 6.45) is -1.17. The zero-order chi connectivity index (χ0) is 40.9. The average molecular weight is 768 g/mol. The van der Waals surface area contributed by atoms with Crippen LogP contribution in [0.4, 0.5) is 4.79 Å². The first-order valence-corrected chi connectivity index (χ1v) is 18.7. The summed E-state index contributed by atoms with van der Waals surface area (Å²) in [6, 6.07) is 18.0. The Hall–Kier alpha value is -5.71. The van der Waals surface area contributed by atoms with E-state index in [9.17, 15) is 19.5 Å². The zero-order valence-corrected chi connectivity index (χ0v) is 34.0. The van der Waals surface area contributed by atoms with Gasteiger partial charge in [0.2, 0.25) is 17.1 Å². The van der Waals surface area contributed by atoms with Crippen molar-refractivity contribution in [3.63, 3.8) is 0 Å². The van der Waals surface area contributed by atoms with Crippen molar-refractivity contribution in [2.75, 3.05) is 28.4 Å². The van der Waals surface area contributed by atoms with E-state index in [1.807, 2.05) is 90.1 Å². The summed E-state index contributed by atoms with van der Waals surface area (Å²) in [5.41, 5.74) is 5.82. The Morgan fingerprint density at radius 1 is 0.875 bits per heavy atom. The van der Waals surface area contributed by atoms with Crippen LogP contribution >= 0.6 is 0 Å². The van der Waals surface area contributed by atoms with Gasteiger partial charge in [0.25, 0.3) is 0 Å². The average Bonchev–Trinajstić information content (AvgIpc) is 3.40. The molecule has 0 saturated heterocycles. The predicted octanol–water partition coefficient (Wildman–Crippen LogP) is 8.81. The fourth-order valence-electron chi connectivity index (χ4n) is 8.09. The number of hydrogen-bond acceptors (Lipinski definition) is 9. The Morgan fingerprint density at radius 3 is 2.16 bits per heavy atom. The summed E-state index contributed by atoms with van der Waals surface area (Å²) >= 11 is 0. The van der Waals surface area contributed by atoms with Crippen molar-refractivity contribution in [1.82, 2.24) is 5.32 Å². The minimum atomic E-state index is -1.38. The molecule has 0 bridgehead atoms. The molecule has 2 N–H and O–H groups in total. The number of hydrogen-bond donors (Lipinski definition) is 2. The smallest absolute Gasteiger partial charge is 0.493 e. The lowest BCUT2D eigenvalue weighted by Crippen LogP contribution is -2.35. The molecule has 2 unspecified atom stereocenters. The summed E-state index contributed by atoms with van der Waals surface area (Å²) in [5.74, 6) is 1.71. The molecular formula is C45H53NO10. The standard InChI is InChI=1S/C45H53NO10/c1-25(2)40(56-44(49)50)32-20-26(3)41(55-24-28-14-12-11-13-15-28)27(4)39(32)45(5,6)23-37(48)46-33-18-16-29-21-36(52-8)42(53-9)43(54-10)38(29)30-17-19-35(51-7)34(47)22-31(30)33/h11-15,17,19-22,25,33,40H,16,18,23-24H2,1-10H3,(H,46,48)(H,49,50). The van der Waals surface area contributed by atoms with Gasteiger partial charge in [-0.2, -0.15) is 0 Å². The molecule has 0 spiro atoms. The number of carbonyl (C=O) groups is 2. The number of aryl methyl sites for hydroxylation is 2. The molecule has 0 heterocycles. The second-order valence-electron chi connectivity index (χ2n) is 15.1. The highest BCUT2D eigenvalue weighted by Crippen LogP contribution is 2.50. The van der Waals surface area contributed by atoms with E-state index in [1.54, 1.807) is 20.3 Å². The molecule has 1 amide bonds. The SMILES string of the molecule is COc1cc2c(c(OC)c1OC)-c1ccc(OC)c(=O)cc1C(NC(=O)CC(C)(C)c1c(C(OC(=O)O)C(C)C)cc(C)c(OCc3ccccc3)c1C)CC2. The lowest BCUT2D eigenvalue weighted by molar-refractivity contribution is -0.123. The predicted molar refractivity (Wildman–Crippen MR) is 215 cm³/mol. The van der Waals surface area contributed by atoms with E-state index in [4.69, 9.17) is 28.4 Å². The molecule has 1 aliphatic rings. The molecule has 4 aromatic carbocycles. The molecule has 5 rings (SSSR count). The van der Waals surface area contributed by atoms with E-state index < -0.39 is 23.7 Å². The van der Waals surface area contributed by atoms with Gasteiger partial charge in [0.1, 0.15) is 18.5 Å². The maximum Gasteiger partial charge on any atom is 0.506 e. The third kappa shape index (κ3) is 8.56. The summed E-state index contributed by atoms with van der Waals surface area (Å²) in [4.78, 5) is 39.9. The van der Waals surface area contributed by atoms with E-state index in [2.05, 4.69) is 5.32 Å². The van der Waals surface area contributed by atoms with Gasteiger partial charge in [-0.25, -0.2) is 4.79 Å². The van der Waals surface area contributed by atoms with Gasteiger partial charge in [0, 0.05) is 12.0 Å². The van der Waals surface area contributed by atoms with Gasteiger partial charge in [-0.3, -0.25) is 9.59 Å². The summed E-state index contributed by atoms with van der Waals surface area (Å²) < 4.78 is 34.7. The van der Waals surface area contributed by atoms with Gasteiger partial charge in [0.15, 0.2) is 17.2 Å². The number of methoxy groups -OCH3 is 4. The molecule has 0 saturated carbocycles. The minimum absolute atomic E-state index is 0.0240. The van der Waals surface area contributed by atoms with Crippen LogP contribution in [0.1, 0.15) is 91.6 Å². The lowest BCUT2D eigenvalue weighted by Gasteiger charge is -2.34. The number of carbonyl (C=O) groups excluding carboxylic acids is 1. The van der Waals surface area contributed by atoms with Gasteiger partial charge in [-0.05, 0) is 107 Å². The van der Waals surface area contributed by atoms with Crippen molar-refractivity contribution in [2.24, 2.45) is 5.92 Å². The molecule has 298 valence electrons. The number of nitrogens with one attached hydrogen (secondary N) is 1. The molecule has 4 aromatic rings. The molecule has 0 radical (unpaired) electrons. The number of amides is 1. The van der Waals surface area contributed by atoms with Crippen LogP contribution in [-0.4, -0.2) is 45.6 Å². The molecule has 2 atom stereocenters. The Kier molecular flexibility index (Phi) is 12.9. The number of fused-ring (bicyclic) bond motifs is 3. The van der Waals surface area contributed by atoms with Crippen molar-refractivity contribution in [2.45, 2.75) is 85.0 Å². The Labute approximate surface area is 328 Å². The van der Waals surface area contributed by atoms with Crippen LogP contribution in [0.5, 0.6) is 28.7 Å². The van der Waals surface area contributed by atoms with Crippen molar-refractivity contribution in [3.05, 3.63) is 110 Å². The molecular weight excluding hydrogens is 714 g/mol. The first-order valence-electron chi connectivity index (χ1n) is 18.7. The van der Waals surface area contributed by atoms with Crippen molar-refractivity contribution in [3.8, 4) is 39.9 Å². The first kappa shape index (κ1) is 41.5. The quantitative estimate of drug-likeness (QED) is 0.120. The Morgan fingerprint density at radius 2 is 1.55 bits per heavy atom. The largest absolute Gasteiger partial charge is 0.506 e. The normalized spacial score (nSPS) is 14.1. The van der Waals surface area contributed by atoms with Gasteiger partial charge in [-0.1, -0.05) is 64.1 Å².